The molecular formula is C32H56N4O5. The number of rotatable bonds is 10. The number of esters is 1. The van der Waals surface area contributed by atoms with Gasteiger partial charge in [0.1, 0.15) is 17.7 Å². The summed E-state index contributed by atoms with van der Waals surface area (Å²) in [6.07, 6.45) is 6.01. The van der Waals surface area contributed by atoms with Crippen molar-refractivity contribution >= 4 is 23.7 Å². The molecule has 9 heteroatoms. The third-order valence-corrected chi connectivity index (χ3v) is 8.17. The van der Waals surface area contributed by atoms with Gasteiger partial charge in [-0.05, 0) is 85.6 Å². The van der Waals surface area contributed by atoms with Gasteiger partial charge in [-0.2, -0.15) is 0 Å². The number of hydrogen-bond acceptors (Lipinski definition) is 6. The van der Waals surface area contributed by atoms with Crippen LogP contribution in [0.5, 0.6) is 0 Å². The van der Waals surface area contributed by atoms with Crippen LogP contribution in [0.1, 0.15) is 101 Å². The van der Waals surface area contributed by atoms with E-state index in [-0.39, 0.29) is 53.7 Å². The zero-order valence-corrected chi connectivity index (χ0v) is 27.5. The normalized spacial score (nSPS) is 22.2. The van der Waals surface area contributed by atoms with Crippen molar-refractivity contribution in [1.29, 1.82) is 0 Å². The number of nitrogens with zero attached hydrogens (tertiary/aromatic N) is 3. The lowest BCUT2D eigenvalue weighted by atomic mass is 9.95. The van der Waals surface area contributed by atoms with Gasteiger partial charge in [-0.15, -0.1) is 0 Å². The topological polar surface area (TPSA) is 99.3 Å². The van der Waals surface area contributed by atoms with Gasteiger partial charge in [0.2, 0.25) is 17.7 Å². The summed E-state index contributed by atoms with van der Waals surface area (Å²) in [5.41, 5.74) is -0.143. The lowest BCUT2D eigenvalue weighted by Gasteiger charge is -2.39. The predicted octanol–water partition coefficient (Wildman–Crippen LogP) is 4.15. The van der Waals surface area contributed by atoms with Crippen LogP contribution in [0, 0.1) is 11.8 Å². The first-order valence-electron chi connectivity index (χ1n) is 15.5. The van der Waals surface area contributed by atoms with Gasteiger partial charge in [0.05, 0.1) is 12.1 Å². The van der Waals surface area contributed by atoms with Crippen LogP contribution >= 0.6 is 0 Å². The molecule has 1 unspecified atom stereocenters. The molecule has 0 aromatic heterocycles. The second kappa shape index (κ2) is 14.7. The number of amides is 3. The Bertz CT molecular complexity index is 968. The number of ether oxygens (including phenoxy) is 1. The molecule has 2 aliphatic heterocycles. The fourth-order valence-corrected chi connectivity index (χ4v) is 5.91. The second-order valence-corrected chi connectivity index (χ2v) is 13.8. The fourth-order valence-electron chi connectivity index (χ4n) is 5.91. The smallest absolute Gasteiger partial charge is 0.329 e. The number of carbonyl (C=O) groups excluding carboxylic acids is 4. The highest BCUT2D eigenvalue weighted by atomic mass is 16.6. The van der Waals surface area contributed by atoms with Crippen molar-refractivity contribution in [2.24, 2.45) is 11.8 Å². The molecule has 9 nitrogen and oxygen atoms in total. The van der Waals surface area contributed by atoms with Crippen LogP contribution < -0.4 is 5.32 Å². The third-order valence-electron chi connectivity index (χ3n) is 8.17. The Morgan fingerprint density at radius 2 is 1.51 bits per heavy atom. The Balaban J connectivity index is 2.22. The summed E-state index contributed by atoms with van der Waals surface area (Å²) in [5, 5.41) is 3.08. The van der Waals surface area contributed by atoms with E-state index in [1.54, 1.807) is 23.8 Å². The standard InChI is InChI=1S/C32H56N4O5/c1-20(2)26(19-23(7)29(38)36-18-14-16-25(36)31(40)41-32(8,9)10)34(11)30(39)27(21(3)4)33-28(37)24-15-12-13-17-35(24)22(5)6/h19-22,24-27H,12-18H2,1-11H3,(H,33,37)/t24?,25-,26+,27-/m0/s1. The zero-order chi connectivity index (χ0) is 31.2. The number of hydrogen-bond donors (Lipinski definition) is 1. The van der Waals surface area contributed by atoms with E-state index in [4.69, 9.17) is 4.74 Å². The first-order valence-corrected chi connectivity index (χ1v) is 15.5. The molecule has 0 aromatic carbocycles. The maximum Gasteiger partial charge on any atom is 0.329 e. The van der Waals surface area contributed by atoms with E-state index in [2.05, 4.69) is 24.1 Å². The van der Waals surface area contributed by atoms with Crippen LogP contribution in [0.25, 0.3) is 0 Å². The minimum atomic E-state index is -0.677. The van der Waals surface area contributed by atoms with Crippen molar-refractivity contribution in [3.63, 3.8) is 0 Å². The van der Waals surface area contributed by atoms with Gasteiger partial charge >= 0.3 is 5.97 Å². The van der Waals surface area contributed by atoms with Crippen molar-refractivity contribution < 1.29 is 23.9 Å². The molecule has 234 valence electrons. The summed E-state index contributed by atoms with van der Waals surface area (Å²) >= 11 is 0. The molecule has 0 bridgehead atoms. The van der Waals surface area contributed by atoms with Crippen LogP contribution in [0.3, 0.4) is 0 Å². The van der Waals surface area contributed by atoms with Gasteiger partial charge in [-0.25, -0.2) is 4.79 Å². The first-order chi connectivity index (χ1) is 19.0. The van der Waals surface area contributed by atoms with Crippen molar-refractivity contribution in [1.82, 2.24) is 20.0 Å². The SMILES string of the molecule is CC(=C[C@H](C(C)C)N(C)C(=O)[C@@H](NC(=O)C1CCCCN1C(C)C)C(C)C)C(=O)N1CCC[C@H]1C(=O)OC(C)(C)C. The number of likely N-dealkylation sites (tertiary alicyclic amines) is 2. The number of nitrogens with one attached hydrogen (secondary N) is 1. The Hall–Kier alpha value is -2.42. The van der Waals surface area contributed by atoms with Crippen molar-refractivity contribution in [3.05, 3.63) is 11.6 Å². The van der Waals surface area contributed by atoms with Crippen molar-refractivity contribution in [2.75, 3.05) is 20.1 Å². The van der Waals surface area contributed by atoms with Crippen LogP contribution in [0.15, 0.2) is 11.6 Å². The van der Waals surface area contributed by atoms with E-state index in [0.717, 1.165) is 32.2 Å². The van der Waals surface area contributed by atoms with E-state index in [0.29, 0.717) is 18.5 Å². The molecule has 0 spiro atoms. The minimum absolute atomic E-state index is 0.0187. The molecular weight excluding hydrogens is 520 g/mol. The Kier molecular flexibility index (Phi) is 12.4. The van der Waals surface area contributed by atoms with Crippen LogP contribution in [-0.4, -0.2) is 94.3 Å². The average Bonchev–Trinajstić information content (AvgIpc) is 3.37. The van der Waals surface area contributed by atoms with Crippen LogP contribution in [-0.2, 0) is 23.9 Å². The van der Waals surface area contributed by atoms with Gasteiger partial charge in [0.25, 0.3) is 0 Å². The second-order valence-electron chi connectivity index (χ2n) is 13.8. The fraction of sp³-hybridized carbons (Fsp3) is 0.812. The van der Waals surface area contributed by atoms with Gasteiger partial charge < -0.3 is 19.9 Å². The molecule has 0 aliphatic carbocycles. The molecule has 2 rings (SSSR count). The minimum Gasteiger partial charge on any atom is -0.458 e. The molecule has 0 saturated carbocycles. The monoisotopic (exact) mass is 576 g/mol. The summed E-state index contributed by atoms with van der Waals surface area (Å²) < 4.78 is 5.57. The lowest BCUT2D eigenvalue weighted by molar-refractivity contribution is -0.162. The summed E-state index contributed by atoms with van der Waals surface area (Å²) in [7, 11) is 1.74. The van der Waals surface area contributed by atoms with E-state index in [1.165, 1.54) is 0 Å². The van der Waals surface area contributed by atoms with Crippen molar-refractivity contribution in [3.8, 4) is 0 Å². The average molecular weight is 577 g/mol. The molecule has 0 aromatic rings. The Morgan fingerprint density at radius 3 is 2.05 bits per heavy atom. The van der Waals surface area contributed by atoms with Gasteiger partial charge in [0, 0.05) is 25.2 Å². The number of piperidine rings is 1. The summed E-state index contributed by atoms with van der Waals surface area (Å²) in [6.45, 7) is 20.7. The molecule has 2 heterocycles. The zero-order valence-electron chi connectivity index (χ0n) is 27.5. The quantitative estimate of drug-likeness (QED) is 0.310. The molecule has 1 N–H and O–H groups in total. The Morgan fingerprint density at radius 1 is 0.902 bits per heavy atom. The van der Waals surface area contributed by atoms with Gasteiger partial charge in [-0.1, -0.05) is 40.2 Å². The third kappa shape index (κ3) is 9.29. The molecule has 3 amide bonds. The predicted molar refractivity (Wildman–Crippen MR) is 162 cm³/mol. The largest absolute Gasteiger partial charge is 0.458 e. The van der Waals surface area contributed by atoms with Crippen LogP contribution in [0.2, 0.25) is 0 Å². The maximum atomic E-state index is 13.9. The molecule has 2 saturated heterocycles. The highest BCUT2D eigenvalue weighted by Crippen LogP contribution is 2.25. The molecule has 0 radical (unpaired) electrons. The summed E-state index contributed by atoms with van der Waals surface area (Å²) in [5.74, 6) is -0.959. The van der Waals surface area contributed by atoms with E-state index in [1.807, 2.05) is 54.5 Å². The molecule has 2 fully saturated rings. The molecule has 2 aliphatic rings. The highest BCUT2D eigenvalue weighted by Gasteiger charge is 2.39. The number of likely N-dealkylation sites (N-methyl/N-ethyl adjacent to an activating group) is 1. The maximum absolute atomic E-state index is 13.9. The van der Waals surface area contributed by atoms with E-state index < -0.39 is 17.7 Å². The van der Waals surface area contributed by atoms with Gasteiger partial charge in [0.15, 0.2) is 0 Å². The Labute approximate surface area is 248 Å². The number of carbonyl (C=O) groups is 4. The van der Waals surface area contributed by atoms with Gasteiger partial charge in [-0.3, -0.25) is 19.3 Å². The van der Waals surface area contributed by atoms with Crippen LogP contribution in [0.4, 0.5) is 0 Å². The van der Waals surface area contributed by atoms with Crippen molar-refractivity contribution in [2.45, 2.75) is 137 Å². The highest BCUT2D eigenvalue weighted by molar-refractivity contribution is 5.96. The van der Waals surface area contributed by atoms with E-state index in [9.17, 15) is 19.2 Å². The first kappa shape index (κ1) is 34.8. The summed E-state index contributed by atoms with van der Waals surface area (Å²) in [4.78, 5) is 59.1. The lowest BCUT2D eigenvalue weighted by Crippen LogP contribution is -2.58. The summed E-state index contributed by atoms with van der Waals surface area (Å²) in [6, 6.07) is -1.63. The molecule has 41 heavy (non-hydrogen) atoms. The molecule has 4 atom stereocenters. The van der Waals surface area contributed by atoms with E-state index >= 15 is 0 Å².